The normalized spacial score (nSPS) is 16.8. The Morgan fingerprint density at radius 2 is 1.85 bits per heavy atom. The zero-order valence-corrected chi connectivity index (χ0v) is 15.3. The average Bonchev–Trinajstić information content (AvgIpc) is 2.91. The number of carbonyl (C=O) groups excluding carboxylic acids is 2. The Bertz CT molecular complexity index is 863. The minimum atomic E-state index is -0.602. The molecule has 0 aromatic heterocycles. The van der Waals surface area contributed by atoms with Crippen molar-refractivity contribution in [1.82, 2.24) is 0 Å². The van der Waals surface area contributed by atoms with Crippen molar-refractivity contribution in [3.05, 3.63) is 47.5 Å². The van der Waals surface area contributed by atoms with Crippen LogP contribution in [0.4, 0.5) is 11.4 Å². The molecule has 0 aliphatic carbocycles. The lowest BCUT2D eigenvalue weighted by atomic mass is 10.1. The van der Waals surface area contributed by atoms with Gasteiger partial charge < -0.3 is 14.8 Å². The fourth-order valence-electron chi connectivity index (χ4n) is 3.06. The summed E-state index contributed by atoms with van der Waals surface area (Å²) in [5, 5.41) is 3.21. The summed E-state index contributed by atoms with van der Waals surface area (Å²) >= 11 is 0. The van der Waals surface area contributed by atoms with Gasteiger partial charge in [0, 0.05) is 11.8 Å². The van der Waals surface area contributed by atoms with E-state index in [1.165, 1.54) is 12.0 Å². The van der Waals surface area contributed by atoms with E-state index in [1.807, 2.05) is 32.0 Å². The average molecular weight is 354 g/mol. The minimum absolute atomic E-state index is 0.0986. The summed E-state index contributed by atoms with van der Waals surface area (Å²) in [5.41, 5.74) is 3.47. The van der Waals surface area contributed by atoms with Gasteiger partial charge in [-0.2, -0.15) is 0 Å². The van der Waals surface area contributed by atoms with Crippen LogP contribution in [-0.2, 0) is 9.59 Å². The molecule has 0 saturated carbocycles. The molecule has 2 aromatic rings. The SMILES string of the molecule is COc1ccc(N2C(=O)CC(Nc3cccc(C)c3C)C2=O)c(OC)c1. The first kappa shape index (κ1) is 17.8. The molecule has 0 radical (unpaired) electrons. The van der Waals surface area contributed by atoms with E-state index in [0.29, 0.717) is 17.2 Å². The number of anilines is 2. The topological polar surface area (TPSA) is 67.9 Å². The molecule has 1 atom stereocenters. The second kappa shape index (κ2) is 7.07. The van der Waals surface area contributed by atoms with E-state index in [-0.39, 0.29) is 18.2 Å². The number of imide groups is 1. The highest BCUT2D eigenvalue weighted by Gasteiger charge is 2.41. The Hall–Kier alpha value is -3.02. The van der Waals surface area contributed by atoms with E-state index in [4.69, 9.17) is 9.47 Å². The van der Waals surface area contributed by atoms with Crippen molar-refractivity contribution in [2.24, 2.45) is 0 Å². The van der Waals surface area contributed by atoms with Gasteiger partial charge in [0.15, 0.2) is 0 Å². The van der Waals surface area contributed by atoms with Crippen molar-refractivity contribution in [2.45, 2.75) is 26.3 Å². The van der Waals surface area contributed by atoms with Crippen LogP contribution in [0.2, 0.25) is 0 Å². The van der Waals surface area contributed by atoms with Crippen LogP contribution < -0.4 is 19.7 Å². The highest BCUT2D eigenvalue weighted by atomic mass is 16.5. The van der Waals surface area contributed by atoms with E-state index in [9.17, 15) is 9.59 Å². The molecule has 6 nitrogen and oxygen atoms in total. The fraction of sp³-hybridized carbons (Fsp3) is 0.300. The Morgan fingerprint density at radius 1 is 1.08 bits per heavy atom. The molecule has 0 spiro atoms. The van der Waals surface area contributed by atoms with Crippen LogP contribution in [0.5, 0.6) is 11.5 Å². The van der Waals surface area contributed by atoms with E-state index >= 15 is 0 Å². The Balaban J connectivity index is 1.89. The first-order chi connectivity index (χ1) is 12.5. The molecule has 136 valence electrons. The van der Waals surface area contributed by atoms with Gasteiger partial charge in [-0.05, 0) is 43.2 Å². The van der Waals surface area contributed by atoms with Gasteiger partial charge in [-0.15, -0.1) is 0 Å². The summed E-state index contributed by atoms with van der Waals surface area (Å²) in [4.78, 5) is 26.6. The van der Waals surface area contributed by atoms with Gasteiger partial charge in [0.1, 0.15) is 17.5 Å². The number of amides is 2. The molecule has 1 aliphatic heterocycles. The van der Waals surface area contributed by atoms with Gasteiger partial charge in [0.2, 0.25) is 5.91 Å². The van der Waals surface area contributed by atoms with Crippen LogP contribution in [0, 0.1) is 13.8 Å². The number of hydrogen-bond acceptors (Lipinski definition) is 5. The predicted octanol–water partition coefficient (Wildman–Crippen LogP) is 3.06. The number of nitrogens with one attached hydrogen (secondary N) is 1. The van der Waals surface area contributed by atoms with Gasteiger partial charge in [-0.25, -0.2) is 4.90 Å². The lowest BCUT2D eigenvalue weighted by Gasteiger charge is -2.20. The maximum Gasteiger partial charge on any atom is 0.256 e. The number of carbonyl (C=O) groups is 2. The molecule has 1 saturated heterocycles. The van der Waals surface area contributed by atoms with Gasteiger partial charge >= 0.3 is 0 Å². The molecule has 26 heavy (non-hydrogen) atoms. The van der Waals surface area contributed by atoms with Gasteiger partial charge in [-0.1, -0.05) is 12.1 Å². The maximum absolute atomic E-state index is 12.9. The molecule has 6 heteroatoms. The van der Waals surface area contributed by atoms with Crippen LogP contribution >= 0.6 is 0 Å². The molecule has 1 heterocycles. The second-order valence-electron chi connectivity index (χ2n) is 6.25. The lowest BCUT2D eigenvalue weighted by Crippen LogP contribution is -2.35. The standard InChI is InChI=1S/C20H22N2O4/c1-12-6-5-7-15(13(12)2)21-16-11-19(23)22(20(16)24)17-9-8-14(25-3)10-18(17)26-4/h5-10,16,21H,11H2,1-4H3. The Morgan fingerprint density at radius 3 is 2.54 bits per heavy atom. The first-order valence-corrected chi connectivity index (χ1v) is 8.38. The molecule has 3 rings (SSSR count). The molecular formula is C20H22N2O4. The summed E-state index contributed by atoms with van der Waals surface area (Å²) in [7, 11) is 3.04. The van der Waals surface area contributed by atoms with Crippen LogP contribution in [0.1, 0.15) is 17.5 Å². The third-order valence-corrected chi connectivity index (χ3v) is 4.71. The van der Waals surface area contributed by atoms with Crippen molar-refractivity contribution in [3.8, 4) is 11.5 Å². The predicted molar refractivity (Wildman–Crippen MR) is 100.0 cm³/mol. The monoisotopic (exact) mass is 354 g/mol. The van der Waals surface area contributed by atoms with Crippen LogP contribution in [0.15, 0.2) is 36.4 Å². The van der Waals surface area contributed by atoms with Gasteiger partial charge in [-0.3, -0.25) is 9.59 Å². The second-order valence-corrected chi connectivity index (χ2v) is 6.25. The molecule has 1 aliphatic rings. The number of nitrogens with zero attached hydrogens (tertiary/aromatic N) is 1. The first-order valence-electron chi connectivity index (χ1n) is 8.38. The highest BCUT2D eigenvalue weighted by molar-refractivity contribution is 6.23. The van der Waals surface area contributed by atoms with Gasteiger partial charge in [0.05, 0.1) is 26.3 Å². The molecular weight excluding hydrogens is 332 g/mol. The molecule has 1 unspecified atom stereocenters. The van der Waals surface area contributed by atoms with Crippen molar-refractivity contribution < 1.29 is 19.1 Å². The third-order valence-electron chi connectivity index (χ3n) is 4.71. The summed E-state index contributed by atoms with van der Waals surface area (Å²) in [6.45, 7) is 4.00. The number of hydrogen-bond donors (Lipinski definition) is 1. The van der Waals surface area contributed by atoms with Crippen LogP contribution in [0.25, 0.3) is 0 Å². The lowest BCUT2D eigenvalue weighted by molar-refractivity contribution is -0.121. The smallest absolute Gasteiger partial charge is 0.256 e. The molecule has 1 N–H and O–H groups in total. The fourth-order valence-corrected chi connectivity index (χ4v) is 3.06. The molecule has 1 fully saturated rings. The Kier molecular flexibility index (Phi) is 4.84. The molecule has 0 bridgehead atoms. The van der Waals surface area contributed by atoms with E-state index in [2.05, 4.69) is 5.32 Å². The summed E-state index contributed by atoms with van der Waals surface area (Å²) in [5.74, 6) is 0.453. The zero-order chi connectivity index (χ0) is 18.8. The molecule has 2 aromatic carbocycles. The number of benzene rings is 2. The van der Waals surface area contributed by atoms with Crippen molar-refractivity contribution >= 4 is 23.2 Å². The third kappa shape index (κ3) is 3.10. The largest absolute Gasteiger partial charge is 0.497 e. The van der Waals surface area contributed by atoms with Crippen molar-refractivity contribution in [3.63, 3.8) is 0 Å². The van der Waals surface area contributed by atoms with E-state index < -0.39 is 6.04 Å². The van der Waals surface area contributed by atoms with E-state index in [1.54, 1.807) is 25.3 Å². The number of aryl methyl sites for hydroxylation is 1. The van der Waals surface area contributed by atoms with Crippen LogP contribution in [0.3, 0.4) is 0 Å². The van der Waals surface area contributed by atoms with Crippen molar-refractivity contribution in [1.29, 1.82) is 0 Å². The van der Waals surface area contributed by atoms with Gasteiger partial charge in [0.25, 0.3) is 5.91 Å². The van der Waals surface area contributed by atoms with E-state index in [0.717, 1.165) is 16.8 Å². The maximum atomic E-state index is 12.9. The number of ether oxygens (including phenoxy) is 2. The summed E-state index contributed by atoms with van der Waals surface area (Å²) < 4.78 is 10.5. The summed E-state index contributed by atoms with van der Waals surface area (Å²) in [6, 6.07) is 10.3. The minimum Gasteiger partial charge on any atom is -0.497 e. The molecule has 2 amide bonds. The Labute approximate surface area is 152 Å². The van der Waals surface area contributed by atoms with Crippen molar-refractivity contribution in [2.75, 3.05) is 24.4 Å². The number of methoxy groups -OCH3 is 2. The zero-order valence-electron chi connectivity index (χ0n) is 15.3. The quantitative estimate of drug-likeness (QED) is 0.836. The van der Waals surface area contributed by atoms with Crippen LogP contribution in [-0.4, -0.2) is 32.1 Å². The number of rotatable bonds is 5. The summed E-state index contributed by atoms with van der Waals surface area (Å²) in [6.07, 6.45) is 0.0986. The highest BCUT2D eigenvalue weighted by Crippen LogP contribution is 2.35.